The maximum absolute atomic E-state index is 12.4. The lowest BCUT2D eigenvalue weighted by atomic mass is 10.1. The fourth-order valence-corrected chi connectivity index (χ4v) is 3.38. The number of furan rings is 1. The van der Waals surface area contributed by atoms with Crippen LogP contribution in [-0.2, 0) is 0 Å². The van der Waals surface area contributed by atoms with Crippen LogP contribution in [0.3, 0.4) is 0 Å². The topological polar surface area (TPSA) is 102 Å². The summed E-state index contributed by atoms with van der Waals surface area (Å²) in [5.41, 5.74) is 3.13. The second-order valence-corrected chi connectivity index (χ2v) is 6.58. The molecule has 0 aliphatic heterocycles. The second kappa shape index (κ2) is 6.72. The van der Waals surface area contributed by atoms with Gasteiger partial charge in [-0.15, -0.1) is 10.2 Å². The number of nitrogens with zero attached hydrogens (tertiary/aromatic N) is 2. The van der Waals surface area contributed by atoms with Gasteiger partial charge in [0.1, 0.15) is 5.76 Å². The average molecular weight is 359 g/mol. The van der Waals surface area contributed by atoms with Gasteiger partial charge in [-0.25, -0.2) is 0 Å². The SMILES string of the molecule is CC(=O)c1c(C)[nH]c(C(=O)CSc2nnc(-c3ccoc3C)o2)c1C. The van der Waals surface area contributed by atoms with Gasteiger partial charge < -0.3 is 13.8 Å². The van der Waals surface area contributed by atoms with Gasteiger partial charge in [-0.1, -0.05) is 11.8 Å². The Morgan fingerprint density at radius 1 is 1.24 bits per heavy atom. The van der Waals surface area contributed by atoms with Gasteiger partial charge >= 0.3 is 0 Å². The van der Waals surface area contributed by atoms with E-state index >= 15 is 0 Å². The minimum absolute atomic E-state index is 0.0602. The highest BCUT2D eigenvalue weighted by Crippen LogP contribution is 2.27. The average Bonchev–Trinajstić information content (AvgIpc) is 3.24. The van der Waals surface area contributed by atoms with E-state index in [2.05, 4.69) is 15.2 Å². The first kappa shape index (κ1) is 17.2. The summed E-state index contributed by atoms with van der Waals surface area (Å²) in [7, 11) is 0. The first-order chi connectivity index (χ1) is 11.9. The number of aromatic amines is 1. The van der Waals surface area contributed by atoms with Crippen LogP contribution in [0.4, 0.5) is 0 Å². The van der Waals surface area contributed by atoms with Crippen molar-refractivity contribution >= 4 is 23.3 Å². The van der Waals surface area contributed by atoms with Gasteiger partial charge in [0.25, 0.3) is 11.1 Å². The van der Waals surface area contributed by atoms with Crippen molar-refractivity contribution in [1.82, 2.24) is 15.2 Å². The molecule has 0 aromatic carbocycles. The molecule has 8 heteroatoms. The number of hydrogen-bond acceptors (Lipinski definition) is 7. The number of aryl methyl sites for hydroxylation is 2. The third-order valence-electron chi connectivity index (χ3n) is 3.89. The Morgan fingerprint density at radius 2 is 2.00 bits per heavy atom. The van der Waals surface area contributed by atoms with E-state index in [-0.39, 0.29) is 17.3 Å². The van der Waals surface area contributed by atoms with Crippen molar-refractivity contribution < 1.29 is 18.4 Å². The van der Waals surface area contributed by atoms with E-state index < -0.39 is 0 Å². The molecule has 0 saturated heterocycles. The number of Topliss-reactive ketones (excluding diaryl/α,β-unsaturated/α-hetero) is 2. The summed E-state index contributed by atoms with van der Waals surface area (Å²) in [6, 6.07) is 1.75. The second-order valence-electron chi connectivity index (χ2n) is 5.66. The zero-order valence-electron chi connectivity index (χ0n) is 14.3. The van der Waals surface area contributed by atoms with Gasteiger partial charge in [0.05, 0.1) is 23.3 Å². The fourth-order valence-electron chi connectivity index (χ4n) is 2.74. The molecule has 25 heavy (non-hydrogen) atoms. The van der Waals surface area contributed by atoms with Crippen LogP contribution in [0, 0.1) is 20.8 Å². The Kier molecular flexibility index (Phi) is 4.63. The summed E-state index contributed by atoms with van der Waals surface area (Å²) in [4.78, 5) is 27.1. The molecule has 130 valence electrons. The van der Waals surface area contributed by atoms with Crippen molar-refractivity contribution in [3.63, 3.8) is 0 Å². The largest absolute Gasteiger partial charge is 0.469 e. The lowest BCUT2D eigenvalue weighted by Crippen LogP contribution is -2.05. The van der Waals surface area contributed by atoms with Crippen molar-refractivity contribution in [2.45, 2.75) is 32.9 Å². The molecule has 0 saturated carbocycles. The van der Waals surface area contributed by atoms with E-state index in [0.717, 1.165) is 17.3 Å². The Labute approximate surface area is 148 Å². The van der Waals surface area contributed by atoms with Gasteiger partial charge in [0.15, 0.2) is 11.6 Å². The number of rotatable bonds is 6. The van der Waals surface area contributed by atoms with Crippen molar-refractivity contribution in [3.05, 3.63) is 40.6 Å². The van der Waals surface area contributed by atoms with Crippen LogP contribution in [-0.4, -0.2) is 32.5 Å². The summed E-state index contributed by atoms with van der Waals surface area (Å²) in [5.74, 6) is 0.981. The summed E-state index contributed by atoms with van der Waals surface area (Å²) in [5, 5.41) is 8.21. The molecule has 0 spiro atoms. The molecular weight excluding hydrogens is 342 g/mol. The van der Waals surface area contributed by atoms with Gasteiger partial charge in [-0.3, -0.25) is 9.59 Å². The zero-order chi connectivity index (χ0) is 18.1. The monoisotopic (exact) mass is 359 g/mol. The lowest BCUT2D eigenvalue weighted by Gasteiger charge is -1.99. The fraction of sp³-hybridized carbons (Fsp3) is 0.294. The Balaban J connectivity index is 1.71. The molecule has 1 N–H and O–H groups in total. The minimum Gasteiger partial charge on any atom is -0.469 e. The molecule has 3 heterocycles. The van der Waals surface area contributed by atoms with Gasteiger partial charge in [-0.2, -0.15) is 0 Å². The highest BCUT2D eigenvalue weighted by atomic mass is 32.2. The number of carbonyl (C=O) groups excluding carboxylic acids is 2. The van der Waals surface area contributed by atoms with Crippen molar-refractivity contribution in [2.75, 3.05) is 5.75 Å². The normalized spacial score (nSPS) is 11.0. The first-order valence-electron chi connectivity index (χ1n) is 7.62. The molecule has 0 fully saturated rings. The van der Waals surface area contributed by atoms with E-state index in [1.54, 1.807) is 33.1 Å². The molecule has 0 radical (unpaired) electrons. The predicted molar refractivity (Wildman–Crippen MR) is 92.1 cm³/mol. The summed E-state index contributed by atoms with van der Waals surface area (Å²) in [6.45, 7) is 6.85. The third-order valence-corrected chi connectivity index (χ3v) is 4.71. The van der Waals surface area contributed by atoms with Crippen molar-refractivity contribution in [1.29, 1.82) is 0 Å². The summed E-state index contributed by atoms with van der Waals surface area (Å²) in [6.07, 6.45) is 1.55. The molecule has 0 amide bonds. The molecule has 3 aromatic rings. The van der Waals surface area contributed by atoms with E-state index in [1.807, 2.05) is 0 Å². The van der Waals surface area contributed by atoms with E-state index in [9.17, 15) is 9.59 Å². The smallest absolute Gasteiger partial charge is 0.277 e. The molecule has 0 aliphatic rings. The molecular formula is C17H17N3O4S. The van der Waals surface area contributed by atoms with E-state index in [0.29, 0.717) is 39.4 Å². The maximum Gasteiger partial charge on any atom is 0.277 e. The van der Waals surface area contributed by atoms with E-state index in [1.165, 1.54) is 6.92 Å². The van der Waals surface area contributed by atoms with Crippen molar-refractivity contribution in [2.24, 2.45) is 0 Å². The van der Waals surface area contributed by atoms with Crippen LogP contribution in [0.2, 0.25) is 0 Å². The van der Waals surface area contributed by atoms with Crippen LogP contribution >= 0.6 is 11.8 Å². The molecule has 0 unspecified atom stereocenters. The third kappa shape index (κ3) is 3.30. The zero-order valence-corrected chi connectivity index (χ0v) is 15.1. The Hall–Kier alpha value is -2.61. The number of aromatic nitrogens is 3. The number of thioether (sulfide) groups is 1. The van der Waals surface area contributed by atoms with E-state index in [4.69, 9.17) is 8.83 Å². The van der Waals surface area contributed by atoms with Crippen LogP contribution in [0.25, 0.3) is 11.5 Å². The highest BCUT2D eigenvalue weighted by molar-refractivity contribution is 7.99. The van der Waals surface area contributed by atoms with Crippen LogP contribution in [0.5, 0.6) is 0 Å². The summed E-state index contributed by atoms with van der Waals surface area (Å²) >= 11 is 1.15. The Bertz CT molecular complexity index is 951. The first-order valence-corrected chi connectivity index (χ1v) is 8.61. The molecule has 0 bridgehead atoms. The van der Waals surface area contributed by atoms with Gasteiger partial charge in [0, 0.05) is 11.3 Å². The van der Waals surface area contributed by atoms with Gasteiger partial charge in [0.2, 0.25) is 0 Å². The minimum atomic E-state index is -0.127. The Morgan fingerprint density at radius 3 is 2.60 bits per heavy atom. The highest BCUT2D eigenvalue weighted by Gasteiger charge is 2.21. The number of carbonyl (C=O) groups is 2. The molecule has 3 aromatic heterocycles. The standard InChI is InChI=1S/C17H17N3O4S/c1-8-14(10(3)21)9(2)18-15(8)13(22)7-25-17-20-19-16(24-17)12-5-6-23-11(12)4/h5-6,18H,7H2,1-4H3. The number of nitrogens with one attached hydrogen (secondary N) is 1. The van der Waals surface area contributed by atoms with Crippen molar-refractivity contribution in [3.8, 4) is 11.5 Å². The lowest BCUT2D eigenvalue weighted by molar-refractivity contribution is 0.101. The number of H-pyrrole nitrogens is 1. The molecule has 0 aliphatic carbocycles. The molecule has 7 nitrogen and oxygen atoms in total. The molecule has 0 atom stereocenters. The van der Waals surface area contributed by atoms with Crippen LogP contribution in [0.1, 0.15) is 44.8 Å². The molecule has 3 rings (SSSR count). The van der Waals surface area contributed by atoms with Gasteiger partial charge in [-0.05, 0) is 39.3 Å². The quantitative estimate of drug-likeness (QED) is 0.528. The van der Waals surface area contributed by atoms with Crippen LogP contribution in [0.15, 0.2) is 26.4 Å². The number of hydrogen-bond donors (Lipinski definition) is 1. The predicted octanol–water partition coefficient (Wildman–Crippen LogP) is 3.76. The number of ketones is 2. The maximum atomic E-state index is 12.4. The summed E-state index contributed by atoms with van der Waals surface area (Å²) < 4.78 is 10.8. The van der Waals surface area contributed by atoms with Crippen LogP contribution < -0.4 is 0 Å².